The molecule has 0 aliphatic heterocycles. The Balaban J connectivity index is 0.000000168. The second-order valence-corrected chi connectivity index (χ2v) is 11.1. The molecule has 6 rings (SSSR count). The van der Waals surface area contributed by atoms with Gasteiger partial charge in [-0.3, -0.25) is 0 Å². The maximum atomic E-state index is 8.70. The van der Waals surface area contributed by atoms with E-state index in [1.807, 2.05) is 6.92 Å². The molecule has 2 aliphatic rings. The van der Waals surface area contributed by atoms with E-state index in [4.69, 9.17) is 33.4 Å². The van der Waals surface area contributed by atoms with Crippen molar-refractivity contribution in [2.24, 2.45) is 0 Å². The van der Waals surface area contributed by atoms with E-state index >= 15 is 0 Å². The summed E-state index contributed by atoms with van der Waals surface area (Å²) in [6, 6.07) is 26.1. The molecule has 0 fully saturated rings. The van der Waals surface area contributed by atoms with Crippen LogP contribution >= 0.6 is 23.2 Å². The van der Waals surface area contributed by atoms with Gasteiger partial charge in [0.15, 0.2) is 0 Å². The number of hydrogen-bond donors (Lipinski definition) is 2. The fraction of sp³-hybridized carbons (Fsp3) is 0.281. The first-order valence-electron chi connectivity index (χ1n) is 12.7. The average molecular weight is 615 g/mol. The molecule has 2 aliphatic carbocycles. The standard InChI is InChI=1S/2C9H11.2C6H5ClO.C2H4.Zr/c2*1-2-5-9-7-3-6-8(9)4-1;2*7-5-1-3-6(8)4-2-5;1-2;/h2*3,6-7H,1-2,4-5H2;2*1-4,8H;1H,2H3;/q2*-1;;;;+2. The third-order valence-corrected chi connectivity index (χ3v) is 6.46. The number of aryl methyl sites for hydroxylation is 4. The van der Waals surface area contributed by atoms with Gasteiger partial charge in [0.05, 0.1) is 0 Å². The van der Waals surface area contributed by atoms with E-state index in [0.29, 0.717) is 10.0 Å². The molecular formula is C32H36Cl2O2Zr. The summed E-state index contributed by atoms with van der Waals surface area (Å²) in [5, 5.41) is 18.7. The van der Waals surface area contributed by atoms with Crippen LogP contribution in [-0.4, -0.2) is 13.9 Å². The quantitative estimate of drug-likeness (QED) is 0.194. The Hall–Kier alpha value is -1.93. The zero-order valence-corrected chi connectivity index (χ0v) is 25.4. The first-order chi connectivity index (χ1) is 17.9. The summed E-state index contributed by atoms with van der Waals surface area (Å²) in [6.07, 6.45) is 10.9. The van der Waals surface area contributed by atoms with Crippen LogP contribution in [0.4, 0.5) is 0 Å². The average Bonchev–Trinajstić information content (AvgIpc) is 3.59. The van der Waals surface area contributed by atoms with Crippen LogP contribution in [0.25, 0.3) is 0 Å². The molecule has 0 unspecified atom stereocenters. The number of halogens is 2. The minimum absolute atomic E-state index is 0.245. The topological polar surface area (TPSA) is 40.5 Å². The number of benzene rings is 2. The Morgan fingerprint density at radius 2 is 0.946 bits per heavy atom. The third kappa shape index (κ3) is 12.9. The predicted octanol–water partition coefficient (Wildman–Crippen LogP) is 9.02. The molecule has 5 heteroatoms. The molecule has 0 saturated carbocycles. The second-order valence-electron chi connectivity index (χ2n) is 8.81. The van der Waals surface area contributed by atoms with Gasteiger partial charge in [-0.2, -0.15) is 46.5 Å². The van der Waals surface area contributed by atoms with E-state index in [0.717, 1.165) is 0 Å². The minimum Gasteiger partial charge on any atom is -0.508 e. The van der Waals surface area contributed by atoms with E-state index in [9.17, 15) is 0 Å². The molecule has 0 saturated heterocycles. The normalized spacial score (nSPS) is 12.8. The number of aromatic hydroxyl groups is 2. The van der Waals surface area contributed by atoms with Gasteiger partial charge in [0, 0.05) is 10.0 Å². The zero-order valence-electron chi connectivity index (χ0n) is 21.5. The molecule has 0 heterocycles. The van der Waals surface area contributed by atoms with Crippen LogP contribution in [-0.2, 0) is 49.9 Å². The number of hydrogen-bond acceptors (Lipinski definition) is 2. The number of rotatable bonds is 0. The first kappa shape index (κ1) is 31.3. The second kappa shape index (κ2) is 18.3. The Morgan fingerprint density at radius 3 is 1.24 bits per heavy atom. The van der Waals surface area contributed by atoms with Crippen LogP contribution in [0.15, 0.2) is 84.9 Å². The van der Waals surface area contributed by atoms with Crippen molar-refractivity contribution in [2.75, 3.05) is 0 Å². The summed E-state index contributed by atoms with van der Waals surface area (Å²) in [5.41, 5.74) is 6.39. The molecule has 0 radical (unpaired) electrons. The summed E-state index contributed by atoms with van der Waals surface area (Å²) in [6.45, 7) is 2.04. The monoisotopic (exact) mass is 612 g/mol. The Labute approximate surface area is 247 Å². The van der Waals surface area contributed by atoms with Gasteiger partial charge in [0.25, 0.3) is 0 Å². The van der Waals surface area contributed by atoms with Gasteiger partial charge in [-0.05, 0) is 48.5 Å². The van der Waals surface area contributed by atoms with Gasteiger partial charge in [0.1, 0.15) is 11.5 Å². The van der Waals surface area contributed by atoms with Gasteiger partial charge in [-0.15, -0.1) is 0 Å². The maximum Gasteiger partial charge on any atom is 0.115 e. The van der Waals surface area contributed by atoms with Crippen molar-refractivity contribution in [3.05, 3.63) is 117 Å². The zero-order chi connectivity index (χ0) is 26.9. The fourth-order valence-electron chi connectivity index (χ4n) is 4.11. The molecule has 0 atom stereocenters. The van der Waals surface area contributed by atoms with Gasteiger partial charge in [-0.25, -0.2) is 12.1 Å². The van der Waals surface area contributed by atoms with Crippen molar-refractivity contribution in [3.63, 3.8) is 0 Å². The van der Waals surface area contributed by atoms with E-state index in [2.05, 4.69) is 40.1 Å². The van der Waals surface area contributed by atoms with Crippen molar-refractivity contribution in [2.45, 2.75) is 58.3 Å². The van der Waals surface area contributed by atoms with Crippen LogP contribution in [0.3, 0.4) is 0 Å². The molecule has 0 aromatic heterocycles. The Bertz CT molecular complexity index is 972. The summed E-state index contributed by atoms with van der Waals surface area (Å²) in [5.74, 6) is 0.490. The fourth-order valence-corrected chi connectivity index (χ4v) is 4.36. The van der Waals surface area contributed by atoms with Crippen LogP contribution in [0.2, 0.25) is 10.0 Å². The number of phenols is 2. The summed E-state index contributed by atoms with van der Waals surface area (Å²) >= 11 is 12.5. The van der Waals surface area contributed by atoms with E-state index in [-0.39, 0.29) is 11.5 Å². The first-order valence-corrected chi connectivity index (χ1v) is 14.9. The van der Waals surface area contributed by atoms with Crippen molar-refractivity contribution < 1.29 is 34.4 Å². The third-order valence-electron chi connectivity index (χ3n) is 5.95. The van der Waals surface area contributed by atoms with Gasteiger partial charge >= 0.3 is 34.9 Å². The van der Waals surface area contributed by atoms with Crippen molar-refractivity contribution >= 4 is 26.9 Å². The Morgan fingerprint density at radius 1 is 0.622 bits per heavy atom. The van der Waals surface area contributed by atoms with E-state index < -0.39 is 0 Å². The van der Waals surface area contributed by atoms with Gasteiger partial charge < -0.3 is 10.2 Å². The molecule has 0 amide bonds. The largest absolute Gasteiger partial charge is 0.508 e. The molecule has 4 aromatic carbocycles. The van der Waals surface area contributed by atoms with Gasteiger partial charge in [0.2, 0.25) is 0 Å². The van der Waals surface area contributed by atoms with Crippen LogP contribution < -0.4 is 0 Å². The number of fused-ring (bicyclic) bond motifs is 2. The molecular weight excluding hydrogens is 578 g/mol. The van der Waals surface area contributed by atoms with Crippen LogP contribution in [0.1, 0.15) is 54.9 Å². The molecule has 0 spiro atoms. The predicted molar refractivity (Wildman–Crippen MR) is 155 cm³/mol. The van der Waals surface area contributed by atoms with Crippen molar-refractivity contribution in [1.29, 1.82) is 0 Å². The SMILES string of the molecule is C[CH]=[Zr+2].Oc1ccc(Cl)cc1.Oc1ccc(Cl)cc1.c1cc2c([cH-]1)CCCC2.c1cc2c([cH-]1)CCCC2. The minimum atomic E-state index is 0.245. The maximum absolute atomic E-state index is 8.70. The van der Waals surface area contributed by atoms with Crippen molar-refractivity contribution in [1.82, 2.24) is 0 Å². The molecule has 2 nitrogen and oxygen atoms in total. The number of phenolic OH excluding ortho intramolecular Hbond substituents is 2. The summed E-state index contributed by atoms with van der Waals surface area (Å²) < 4.78 is 2.09. The van der Waals surface area contributed by atoms with E-state index in [1.54, 1.807) is 70.8 Å². The van der Waals surface area contributed by atoms with Crippen molar-refractivity contribution in [3.8, 4) is 11.5 Å². The molecule has 194 valence electrons. The summed E-state index contributed by atoms with van der Waals surface area (Å²) in [7, 11) is 0. The smallest absolute Gasteiger partial charge is 0.115 e. The van der Waals surface area contributed by atoms with E-state index in [1.165, 1.54) is 75.6 Å². The molecule has 4 aromatic rings. The Kier molecular flexibility index (Phi) is 15.5. The van der Waals surface area contributed by atoms with Crippen LogP contribution in [0.5, 0.6) is 11.5 Å². The van der Waals surface area contributed by atoms with Crippen LogP contribution in [0, 0.1) is 0 Å². The molecule has 0 bridgehead atoms. The van der Waals surface area contributed by atoms with Gasteiger partial charge in [-0.1, -0.05) is 74.6 Å². The summed E-state index contributed by atoms with van der Waals surface area (Å²) in [4.78, 5) is 0. The molecule has 37 heavy (non-hydrogen) atoms. The molecule has 2 N–H and O–H groups in total.